The Morgan fingerprint density at radius 2 is 1.48 bits per heavy atom. The van der Waals surface area contributed by atoms with E-state index in [1.807, 2.05) is 11.3 Å². The van der Waals surface area contributed by atoms with Crippen LogP contribution < -0.4 is 0 Å². The fourth-order valence-corrected chi connectivity index (χ4v) is 3.72. The Morgan fingerprint density at radius 3 is 2.38 bits per heavy atom. The van der Waals surface area contributed by atoms with E-state index in [-0.39, 0.29) is 0 Å². The van der Waals surface area contributed by atoms with Crippen LogP contribution in [-0.2, 0) is 0 Å². The molecular weight excluding hydrogens is 274 g/mol. The Hall–Kier alpha value is -2.32. The smallest absolute Gasteiger partial charge is 0.0559 e. The van der Waals surface area contributed by atoms with Gasteiger partial charge < -0.3 is 4.98 Å². The number of aromatic nitrogens is 1. The first-order valence-electron chi connectivity index (χ1n) is 7.05. The van der Waals surface area contributed by atoms with Gasteiger partial charge in [0.25, 0.3) is 0 Å². The van der Waals surface area contributed by atoms with Gasteiger partial charge in [-0.1, -0.05) is 42.0 Å². The molecule has 4 rings (SSSR count). The van der Waals surface area contributed by atoms with E-state index in [1.165, 1.54) is 31.3 Å². The zero-order valence-corrected chi connectivity index (χ0v) is 12.6. The third-order valence-corrected chi connectivity index (χ3v) is 4.88. The van der Waals surface area contributed by atoms with E-state index >= 15 is 0 Å². The average Bonchev–Trinajstić information content (AvgIpc) is 2.50. The maximum absolute atomic E-state index is 3.58. The highest BCUT2D eigenvalue weighted by Crippen LogP contribution is 2.29. The Labute approximate surface area is 127 Å². The molecule has 1 N–H and O–H groups in total. The SMILES string of the molecule is Cc1ccc2sc3ccccc3[nH]c3ccccc3c2c1. The highest BCUT2D eigenvalue weighted by atomic mass is 32.1. The van der Waals surface area contributed by atoms with Crippen LogP contribution in [0.2, 0.25) is 0 Å². The van der Waals surface area contributed by atoms with Gasteiger partial charge in [0.2, 0.25) is 0 Å². The predicted molar refractivity (Wildman–Crippen MR) is 93.6 cm³/mol. The molecule has 0 saturated heterocycles. The first-order valence-corrected chi connectivity index (χ1v) is 7.87. The summed E-state index contributed by atoms with van der Waals surface area (Å²) in [5, 5.41) is 2.57. The number of aromatic amines is 1. The van der Waals surface area contributed by atoms with Gasteiger partial charge in [0.05, 0.1) is 10.2 Å². The molecule has 0 saturated carbocycles. The third-order valence-electron chi connectivity index (χ3n) is 3.73. The quantitative estimate of drug-likeness (QED) is 0.410. The fourth-order valence-electron chi connectivity index (χ4n) is 2.69. The second-order valence-electron chi connectivity index (χ2n) is 5.27. The molecule has 0 aliphatic heterocycles. The summed E-state index contributed by atoms with van der Waals surface area (Å²) in [6, 6.07) is 23.7. The van der Waals surface area contributed by atoms with Crippen molar-refractivity contribution >= 4 is 42.5 Å². The Bertz CT molecular complexity index is 1010. The summed E-state index contributed by atoms with van der Waals surface area (Å²) in [6.45, 7) is 2.15. The van der Waals surface area contributed by atoms with Crippen LogP contribution in [0.5, 0.6) is 0 Å². The van der Waals surface area contributed by atoms with Crippen LogP contribution in [0.25, 0.3) is 31.2 Å². The van der Waals surface area contributed by atoms with Gasteiger partial charge >= 0.3 is 0 Å². The summed E-state index contributed by atoms with van der Waals surface area (Å²) >= 11 is 1.83. The Balaban J connectivity index is 2.36. The van der Waals surface area contributed by atoms with E-state index in [9.17, 15) is 0 Å². The molecule has 1 nitrogen and oxygen atoms in total. The molecule has 1 heterocycles. The standard InChI is InChI=1S/C19H15NS/c1-13-10-11-18-15(12-13)14-6-2-3-7-16(14)20-17-8-4-5-9-19(17)21-18/h2-12,20H,1H3. The molecule has 0 amide bonds. The lowest BCUT2D eigenvalue weighted by Crippen LogP contribution is -1.80. The summed E-state index contributed by atoms with van der Waals surface area (Å²) in [5.41, 5.74) is 3.62. The highest BCUT2D eigenvalue weighted by Gasteiger charge is 2.01. The number of aryl methyl sites for hydroxylation is 1. The van der Waals surface area contributed by atoms with E-state index in [1.54, 1.807) is 0 Å². The van der Waals surface area contributed by atoms with Gasteiger partial charge in [-0.2, -0.15) is 0 Å². The van der Waals surface area contributed by atoms with Crippen LogP contribution in [0.3, 0.4) is 0 Å². The van der Waals surface area contributed by atoms with Gasteiger partial charge in [-0.3, -0.25) is 0 Å². The lowest BCUT2D eigenvalue weighted by atomic mass is 10.1. The first-order chi connectivity index (χ1) is 10.3. The van der Waals surface area contributed by atoms with Gasteiger partial charge in [-0.05, 0) is 37.3 Å². The molecule has 0 unspecified atom stereocenters. The summed E-state index contributed by atoms with van der Waals surface area (Å²) in [6.07, 6.45) is 0. The van der Waals surface area contributed by atoms with Crippen LogP contribution in [0.4, 0.5) is 0 Å². The van der Waals surface area contributed by atoms with Crippen molar-refractivity contribution in [3.05, 3.63) is 72.3 Å². The molecule has 2 heteroatoms. The van der Waals surface area contributed by atoms with Crippen LogP contribution in [-0.4, -0.2) is 4.98 Å². The molecule has 0 radical (unpaired) electrons. The monoisotopic (exact) mass is 289 g/mol. The predicted octanol–water partition coefficient (Wildman–Crippen LogP) is 5.97. The van der Waals surface area contributed by atoms with E-state index in [0.717, 1.165) is 5.52 Å². The number of nitrogens with one attached hydrogen (secondary N) is 1. The molecule has 0 aliphatic rings. The van der Waals surface area contributed by atoms with Crippen molar-refractivity contribution < 1.29 is 0 Å². The van der Waals surface area contributed by atoms with E-state index < -0.39 is 0 Å². The summed E-state index contributed by atoms with van der Waals surface area (Å²) in [5.74, 6) is 0. The molecular formula is C19H15NS. The largest absolute Gasteiger partial charge is 0.354 e. The normalized spacial score (nSPS) is 11.1. The number of para-hydroxylation sites is 2. The molecule has 0 aliphatic carbocycles. The number of rotatable bonds is 0. The van der Waals surface area contributed by atoms with Gasteiger partial charge in [0.1, 0.15) is 0 Å². The number of hydrogen-bond acceptors (Lipinski definition) is 1. The minimum absolute atomic E-state index is 1.16. The zero-order chi connectivity index (χ0) is 14.2. The van der Waals surface area contributed by atoms with Gasteiger partial charge in [0, 0.05) is 21.0 Å². The molecule has 0 spiro atoms. The highest BCUT2D eigenvalue weighted by molar-refractivity contribution is 7.24. The van der Waals surface area contributed by atoms with Crippen molar-refractivity contribution in [2.45, 2.75) is 6.92 Å². The van der Waals surface area contributed by atoms with Gasteiger partial charge in [0.15, 0.2) is 0 Å². The lowest BCUT2D eigenvalue weighted by molar-refractivity contribution is 1.50. The molecule has 21 heavy (non-hydrogen) atoms. The summed E-state index contributed by atoms with van der Waals surface area (Å²) in [4.78, 5) is 3.58. The minimum atomic E-state index is 1.16. The van der Waals surface area contributed by atoms with Crippen molar-refractivity contribution in [1.29, 1.82) is 0 Å². The number of fused-ring (bicyclic) bond motifs is 4. The number of hydrogen-bond donors (Lipinski definition) is 1. The van der Waals surface area contributed by atoms with Crippen molar-refractivity contribution in [1.82, 2.24) is 4.98 Å². The van der Waals surface area contributed by atoms with Crippen molar-refractivity contribution in [2.75, 3.05) is 0 Å². The molecule has 102 valence electrons. The molecule has 0 fully saturated rings. The zero-order valence-electron chi connectivity index (χ0n) is 11.8. The van der Waals surface area contributed by atoms with Gasteiger partial charge in [-0.15, -0.1) is 11.3 Å². The Morgan fingerprint density at radius 1 is 0.714 bits per heavy atom. The van der Waals surface area contributed by atoms with Crippen LogP contribution in [0, 0.1) is 6.92 Å². The first kappa shape index (κ1) is 12.4. The maximum atomic E-state index is 3.58. The molecule has 1 aromatic heterocycles. The number of H-pyrrole nitrogens is 1. The van der Waals surface area contributed by atoms with E-state index in [2.05, 4.69) is 78.6 Å². The third kappa shape index (κ3) is 2.18. The van der Waals surface area contributed by atoms with Crippen molar-refractivity contribution in [2.24, 2.45) is 0 Å². The maximum Gasteiger partial charge on any atom is 0.0559 e. The molecule has 3 aromatic carbocycles. The second kappa shape index (κ2) is 4.90. The summed E-state index contributed by atoms with van der Waals surface area (Å²) in [7, 11) is 0. The Kier molecular flexibility index (Phi) is 2.90. The number of benzene rings is 3. The van der Waals surface area contributed by atoms with E-state index in [0.29, 0.717) is 0 Å². The minimum Gasteiger partial charge on any atom is -0.354 e. The van der Waals surface area contributed by atoms with Crippen LogP contribution in [0.15, 0.2) is 66.7 Å². The molecule has 0 atom stereocenters. The topological polar surface area (TPSA) is 15.8 Å². The van der Waals surface area contributed by atoms with Crippen LogP contribution >= 0.6 is 11.3 Å². The van der Waals surface area contributed by atoms with Crippen molar-refractivity contribution in [3.63, 3.8) is 0 Å². The van der Waals surface area contributed by atoms with Gasteiger partial charge in [-0.25, -0.2) is 0 Å². The van der Waals surface area contributed by atoms with Crippen molar-refractivity contribution in [3.8, 4) is 0 Å². The molecule has 0 bridgehead atoms. The fraction of sp³-hybridized carbons (Fsp3) is 0.0526. The molecule has 4 aromatic rings. The average molecular weight is 289 g/mol. The summed E-state index contributed by atoms with van der Waals surface area (Å²) < 4.78 is 2.57. The second-order valence-corrected chi connectivity index (χ2v) is 6.35. The van der Waals surface area contributed by atoms with Crippen LogP contribution in [0.1, 0.15) is 5.56 Å². The van der Waals surface area contributed by atoms with E-state index in [4.69, 9.17) is 0 Å². The lowest BCUT2D eigenvalue weighted by Gasteiger charge is -2.04.